The number of ketones is 1. The van der Waals surface area contributed by atoms with Crippen molar-refractivity contribution in [2.24, 2.45) is 11.8 Å². The molecular weight excluding hydrogens is 212 g/mol. The highest BCUT2D eigenvalue weighted by molar-refractivity contribution is 5.83. The maximum absolute atomic E-state index is 12.1. The first-order valence-electron chi connectivity index (χ1n) is 6.63. The van der Waals surface area contributed by atoms with Crippen molar-refractivity contribution >= 4 is 5.78 Å². The predicted molar refractivity (Wildman–Crippen MR) is 67.8 cm³/mol. The Morgan fingerprint density at radius 2 is 2.29 bits per heavy atom. The third-order valence-electron chi connectivity index (χ3n) is 3.70. The van der Waals surface area contributed by atoms with Gasteiger partial charge in [-0.2, -0.15) is 5.10 Å². The molecule has 0 aromatic carbocycles. The molecule has 1 heterocycles. The van der Waals surface area contributed by atoms with E-state index in [4.69, 9.17) is 0 Å². The van der Waals surface area contributed by atoms with Crippen LogP contribution < -0.4 is 0 Å². The molecule has 0 bridgehead atoms. The van der Waals surface area contributed by atoms with Crippen molar-refractivity contribution in [3.63, 3.8) is 0 Å². The highest BCUT2D eigenvalue weighted by Gasteiger charge is 2.27. The van der Waals surface area contributed by atoms with E-state index >= 15 is 0 Å². The van der Waals surface area contributed by atoms with Crippen LogP contribution >= 0.6 is 0 Å². The summed E-state index contributed by atoms with van der Waals surface area (Å²) in [6.07, 6.45) is 5.83. The molecule has 0 radical (unpaired) electrons. The van der Waals surface area contributed by atoms with Gasteiger partial charge in [0.25, 0.3) is 0 Å². The zero-order chi connectivity index (χ0) is 12.4. The van der Waals surface area contributed by atoms with Crippen LogP contribution in [-0.2, 0) is 11.2 Å². The largest absolute Gasteiger partial charge is 0.299 e. The van der Waals surface area contributed by atoms with Gasteiger partial charge in [-0.1, -0.05) is 6.92 Å². The molecule has 1 aromatic rings. The van der Waals surface area contributed by atoms with Crippen LogP contribution in [0.3, 0.4) is 0 Å². The summed E-state index contributed by atoms with van der Waals surface area (Å²) in [4.78, 5) is 12.1. The van der Waals surface area contributed by atoms with Gasteiger partial charge in [-0.15, -0.1) is 0 Å². The molecule has 2 atom stereocenters. The van der Waals surface area contributed by atoms with E-state index in [-0.39, 0.29) is 5.92 Å². The molecule has 0 saturated heterocycles. The summed E-state index contributed by atoms with van der Waals surface area (Å²) in [5.74, 6) is 1.38. The fourth-order valence-corrected chi connectivity index (χ4v) is 2.58. The molecule has 2 unspecified atom stereocenters. The Morgan fingerprint density at radius 3 is 2.82 bits per heavy atom. The van der Waals surface area contributed by atoms with Crippen molar-refractivity contribution < 1.29 is 4.79 Å². The van der Waals surface area contributed by atoms with Crippen LogP contribution in [0.5, 0.6) is 0 Å². The summed E-state index contributed by atoms with van der Waals surface area (Å²) in [5.41, 5.74) is 0.920. The zero-order valence-corrected chi connectivity index (χ0v) is 11.0. The fraction of sp³-hybridized carbons (Fsp3) is 0.714. The van der Waals surface area contributed by atoms with Gasteiger partial charge in [-0.3, -0.25) is 9.48 Å². The van der Waals surface area contributed by atoms with E-state index in [2.05, 4.69) is 25.9 Å². The molecule has 1 saturated carbocycles. The van der Waals surface area contributed by atoms with Gasteiger partial charge < -0.3 is 0 Å². The van der Waals surface area contributed by atoms with E-state index in [1.54, 1.807) is 0 Å². The lowest BCUT2D eigenvalue weighted by atomic mass is 9.98. The van der Waals surface area contributed by atoms with E-state index < -0.39 is 0 Å². The van der Waals surface area contributed by atoms with Crippen LogP contribution in [0.1, 0.15) is 51.8 Å². The van der Waals surface area contributed by atoms with Crippen LogP contribution in [-0.4, -0.2) is 15.6 Å². The van der Waals surface area contributed by atoms with E-state index in [0.29, 0.717) is 18.2 Å². The number of hydrogen-bond acceptors (Lipinski definition) is 2. The molecule has 0 aliphatic heterocycles. The van der Waals surface area contributed by atoms with Crippen LogP contribution in [0, 0.1) is 11.8 Å². The monoisotopic (exact) mass is 234 g/mol. The highest BCUT2D eigenvalue weighted by atomic mass is 16.1. The second kappa shape index (κ2) is 5.03. The van der Waals surface area contributed by atoms with E-state index in [1.165, 1.54) is 6.42 Å². The molecule has 0 spiro atoms. The van der Waals surface area contributed by atoms with Crippen LogP contribution in [0.25, 0.3) is 0 Å². The van der Waals surface area contributed by atoms with E-state index in [9.17, 15) is 4.79 Å². The van der Waals surface area contributed by atoms with Crippen molar-refractivity contribution in [1.82, 2.24) is 9.78 Å². The van der Waals surface area contributed by atoms with Crippen LogP contribution in [0.15, 0.2) is 12.3 Å². The van der Waals surface area contributed by atoms with Gasteiger partial charge in [0, 0.05) is 18.2 Å². The summed E-state index contributed by atoms with van der Waals surface area (Å²) in [5, 5.41) is 4.44. The average Bonchev–Trinajstić information content (AvgIpc) is 2.86. The van der Waals surface area contributed by atoms with Crippen LogP contribution in [0.4, 0.5) is 0 Å². The molecule has 1 aromatic heterocycles. The van der Waals surface area contributed by atoms with Gasteiger partial charge in [0.05, 0.1) is 12.1 Å². The maximum Gasteiger partial charge on any atom is 0.141 e. The highest BCUT2D eigenvalue weighted by Crippen LogP contribution is 2.31. The summed E-state index contributed by atoms with van der Waals surface area (Å²) in [7, 11) is 0. The second-order valence-corrected chi connectivity index (χ2v) is 5.64. The third kappa shape index (κ3) is 2.96. The zero-order valence-electron chi connectivity index (χ0n) is 11.0. The second-order valence-electron chi connectivity index (χ2n) is 5.64. The summed E-state index contributed by atoms with van der Waals surface area (Å²) in [6, 6.07) is 2.33. The van der Waals surface area contributed by atoms with Gasteiger partial charge in [0.15, 0.2) is 0 Å². The molecule has 3 heteroatoms. The summed E-state index contributed by atoms with van der Waals surface area (Å²) >= 11 is 0. The minimum atomic E-state index is 0.286. The minimum Gasteiger partial charge on any atom is -0.299 e. The SMILES string of the molecule is CC1CCC(C(=O)Cc2ccn(C(C)C)n2)C1. The van der Waals surface area contributed by atoms with Crippen molar-refractivity contribution in [2.75, 3.05) is 0 Å². The number of carbonyl (C=O) groups excluding carboxylic acids is 1. The molecule has 0 amide bonds. The molecule has 17 heavy (non-hydrogen) atoms. The first-order valence-corrected chi connectivity index (χ1v) is 6.63. The quantitative estimate of drug-likeness (QED) is 0.802. The lowest BCUT2D eigenvalue weighted by Crippen LogP contribution is -2.14. The first-order chi connectivity index (χ1) is 8.06. The average molecular weight is 234 g/mol. The van der Waals surface area contributed by atoms with Gasteiger partial charge >= 0.3 is 0 Å². The Labute approximate surface area is 103 Å². The van der Waals surface area contributed by atoms with Crippen molar-refractivity contribution in [1.29, 1.82) is 0 Å². The Kier molecular flexibility index (Phi) is 3.65. The molecule has 0 N–H and O–H groups in total. The number of rotatable bonds is 4. The maximum atomic E-state index is 12.1. The van der Waals surface area contributed by atoms with Gasteiger partial charge in [-0.25, -0.2) is 0 Å². The predicted octanol–water partition coefficient (Wildman–Crippen LogP) is 3.01. The van der Waals surface area contributed by atoms with Crippen molar-refractivity contribution in [3.05, 3.63) is 18.0 Å². The lowest BCUT2D eigenvalue weighted by Gasteiger charge is -2.07. The fourth-order valence-electron chi connectivity index (χ4n) is 2.58. The third-order valence-corrected chi connectivity index (χ3v) is 3.70. The Hall–Kier alpha value is -1.12. The molecule has 1 fully saturated rings. The van der Waals surface area contributed by atoms with Gasteiger partial charge in [0.2, 0.25) is 0 Å². The van der Waals surface area contributed by atoms with E-state index in [1.807, 2.05) is 16.9 Å². The molecule has 94 valence electrons. The van der Waals surface area contributed by atoms with Gasteiger partial charge in [-0.05, 0) is 45.1 Å². The Morgan fingerprint density at radius 1 is 1.53 bits per heavy atom. The van der Waals surface area contributed by atoms with E-state index in [0.717, 1.165) is 24.5 Å². The van der Waals surface area contributed by atoms with Crippen molar-refractivity contribution in [2.45, 2.75) is 52.5 Å². The molecule has 3 nitrogen and oxygen atoms in total. The number of aromatic nitrogens is 2. The summed E-state index contributed by atoms with van der Waals surface area (Å²) < 4.78 is 1.92. The first kappa shape index (κ1) is 12.3. The lowest BCUT2D eigenvalue weighted by molar-refractivity contribution is -0.122. The standard InChI is InChI=1S/C14H22N2O/c1-10(2)16-7-6-13(15-16)9-14(17)12-5-4-11(3)8-12/h6-7,10-12H,4-5,8-9H2,1-3H3. The van der Waals surface area contributed by atoms with Gasteiger partial charge in [0.1, 0.15) is 5.78 Å². The number of nitrogens with zero attached hydrogens (tertiary/aromatic N) is 2. The Bertz CT molecular complexity index is 395. The van der Waals surface area contributed by atoms with Crippen molar-refractivity contribution in [3.8, 4) is 0 Å². The van der Waals surface area contributed by atoms with Crippen LogP contribution in [0.2, 0.25) is 0 Å². The number of hydrogen-bond donors (Lipinski definition) is 0. The molecule has 1 aliphatic rings. The minimum absolute atomic E-state index is 0.286. The molecule has 1 aliphatic carbocycles. The normalized spacial score (nSPS) is 24.5. The Balaban J connectivity index is 1.93. The number of Topliss-reactive ketones (excluding diaryl/α,β-unsaturated/α-hetero) is 1. The molecular formula is C14H22N2O. The summed E-state index contributed by atoms with van der Waals surface area (Å²) in [6.45, 7) is 6.43. The topological polar surface area (TPSA) is 34.9 Å². The number of carbonyl (C=O) groups is 1. The molecule has 2 rings (SSSR count). The smallest absolute Gasteiger partial charge is 0.141 e.